The van der Waals surface area contributed by atoms with Gasteiger partial charge < -0.3 is 0 Å². The molecule has 0 aliphatic rings. The van der Waals surface area contributed by atoms with E-state index in [-0.39, 0.29) is 5.41 Å². The maximum atomic E-state index is 2.36. The van der Waals surface area contributed by atoms with Gasteiger partial charge in [-0.1, -0.05) is 79.2 Å². The Morgan fingerprint density at radius 1 is 0.842 bits per heavy atom. The summed E-state index contributed by atoms with van der Waals surface area (Å²) < 4.78 is 0. The summed E-state index contributed by atoms with van der Waals surface area (Å²) in [6.07, 6.45) is 3.74. The minimum absolute atomic E-state index is 0.279. The van der Waals surface area contributed by atoms with Crippen LogP contribution >= 0.6 is 0 Å². The van der Waals surface area contributed by atoms with Gasteiger partial charge in [-0.15, -0.1) is 0 Å². The Labute approximate surface area is 120 Å². The van der Waals surface area contributed by atoms with E-state index < -0.39 is 0 Å². The summed E-state index contributed by atoms with van der Waals surface area (Å²) in [6.45, 7) is 16.3. The summed E-state index contributed by atoms with van der Waals surface area (Å²) >= 11 is 0. The van der Waals surface area contributed by atoms with E-state index in [1.54, 1.807) is 0 Å². The monoisotopic (exact) mass is 260 g/mol. The molecule has 1 rings (SSSR count). The molecule has 0 heteroatoms. The Morgan fingerprint density at radius 2 is 1.26 bits per heavy atom. The first-order chi connectivity index (χ1) is 8.69. The molecule has 0 nitrogen and oxygen atoms in total. The smallest absolute Gasteiger partial charge is 0.0101 e. The van der Waals surface area contributed by atoms with Crippen molar-refractivity contribution >= 4 is 0 Å². The summed E-state index contributed by atoms with van der Waals surface area (Å²) in [5, 5.41) is 0. The van der Waals surface area contributed by atoms with Crippen LogP contribution in [-0.4, -0.2) is 0 Å². The molecule has 0 spiro atoms. The molecule has 1 aromatic rings. The largest absolute Gasteiger partial charge is 0.0654 e. The molecular formula is C19H32. The fourth-order valence-corrected chi connectivity index (χ4v) is 3.28. The Kier molecular flexibility index (Phi) is 5.24. The quantitative estimate of drug-likeness (QED) is 0.580. The Hall–Kier alpha value is -0.780. The van der Waals surface area contributed by atoms with Crippen LogP contribution < -0.4 is 0 Å². The van der Waals surface area contributed by atoms with Gasteiger partial charge in [-0.2, -0.15) is 0 Å². The highest BCUT2D eigenvalue weighted by atomic mass is 14.3. The lowest BCUT2D eigenvalue weighted by atomic mass is 9.75. The van der Waals surface area contributed by atoms with Gasteiger partial charge in [-0.25, -0.2) is 0 Å². The average Bonchev–Trinajstić information content (AvgIpc) is 2.27. The molecule has 0 fully saturated rings. The standard InChI is InChI=1S/C19H32/c1-8-13-18(4,5)16-9-11-17(12-10-16)19(6,7)14-15(2)3/h9-12,15H,8,13-14H2,1-7H3. The molecule has 0 aromatic heterocycles. The van der Waals surface area contributed by atoms with Crippen LogP contribution in [0.1, 0.15) is 78.9 Å². The lowest BCUT2D eigenvalue weighted by Crippen LogP contribution is -2.21. The van der Waals surface area contributed by atoms with Crippen LogP contribution in [0, 0.1) is 5.92 Å². The van der Waals surface area contributed by atoms with E-state index in [9.17, 15) is 0 Å². The van der Waals surface area contributed by atoms with E-state index in [0.717, 1.165) is 5.92 Å². The average molecular weight is 260 g/mol. The van der Waals surface area contributed by atoms with Crippen molar-refractivity contribution in [1.29, 1.82) is 0 Å². The zero-order chi connectivity index (χ0) is 14.7. The van der Waals surface area contributed by atoms with Gasteiger partial charge >= 0.3 is 0 Å². The van der Waals surface area contributed by atoms with Crippen molar-refractivity contribution in [3.8, 4) is 0 Å². The van der Waals surface area contributed by atoms with Gasteiger partial charge in [-0.3, -0.25) is 0 Å². The first-order valence-corrected chi connectivity index (χ1v) is 7.80. The normalized spacial score (nSPS) is 13.1. The molecule has 0 N–H and O–H groups in total. The lowest BCUT2D eigenvalue weighted by Gasteiger charge is -2.29. The highest BCUT2D eigenvalue weighted by Gasteiger charge is 2.24. The third-order valence-electron chi connectivity index (χ3n) is 4.24. The number of benzene rings is 1. The molecule has 0 saturated carbocycles. The maximum Gasteiger partial charge on any atom is -0.0101 e. The molecule has 0 aliphatic heterocycles. The molecule has 0 bridgehead atoms. The molecule has 108 valence electrons. The molecule has 1 aromatic carbocycles. The van der Waals surface area contributed by atoms with E-state index in [2.05, 4.69) is 72.7 Å². The Morgan fingerprint density at radius 3 is 1.63 bits per heavy atom. The molecular weight excluding hydrogens is 228 g/mol. The van der Waals surface area contributed by atoms with Gasteiger partial charge in [0, 0.05) is 0 Å². The summed E-state index contributed by atoms with van der Waals surface area (Å²) in [4.78, 5) is 0. The predicted molar refractivity (Wildman–Crippen MR) is 86.9 cm³/mol. The number of hydrogen-bond donors (Lipinski definition) is 0. The van der Waals surface area contributed by atoms with Crippen LogP contribution in [0.4, 0.5) is 0 Å². The van der Waals surface area contributed by atoms with E-state index in [1.807, 2.05) is 0 Å². The number of hydrogen-bond acceptors (Lipinski definition) is 0. The van der Waals surface area contributed by atoms with E-state index in [1.165, 1.54) is 30.4 Å². The fraction of sp³-hybridized carbons (Fsp3) is 0.684. The van der Waals surface area contributed by atoms with Gasteiger partial charge in [0.1, 0.15) is 0 Å². The van der Waals surface area contributed by atoms with Crippen LogP contribution in [0.3, 0.4) is 0 Å². The second-order valence-electron chi connectivity index (χ2n) is 7.69. The molecule has 19 heavy (non-hydrogen) atoms. The van der Waals surface area contributed by atoms with Gasteiger partial charge in [-0.05, 0) is 40.7 Å². The van der Waals surface area contributed by atoms with E-state index >= 15 is 0 Å². The minimum atomic E-state index is 0.279. The first-order valence-electron chi connectivity index (χ1n) is 7.80. The molecule has 0 radical (unpaired) electrons. The Bertz CT molecular complexity index is 379. The van der Waals surface area contributed by atoms with Crippen LogP contribution in [0.15, 0.2) is 24.3 Å². The highest BCUT2D eigenvalue weighted by Crippen LogP contribution is 2.33. The van der Waals surface area contributed by atoms with Crippen molar-refractivity contribution < 1.29 is 0 Å². The Balaban J connectivity index is 2.93. The van der Waals surface area contributed by atoms with Crippen molar-refractivity contribution in [2.45, 2.75) is 78.6 Å². The topological polar surface area (TPSA) is 0 Å². The summed E-state index contributed by atoms with van der Waals surface area (Å²) in [6, 6.07) is 9.37. The molecule has 0 saturated heterocycles. The van der Waals surface area contributed by atoms with Crippen molar-refractivity contribution in [3.63, 3.8) is 0 Å². The molecule has 0 aliphatic carbocycles. The van der Waals surface area contributed by atoms with Crippen molar-refractivity contribution in [1.82, 2.24) is 0 Å². The van der Waals surface area contributed by atoms with Crippen molar-refractivity contribution in [3.05, 3.63) is 35.4 Å². The highest BCUT2D eigenvalue weighted by molar-refractivity contribution is 5.31. The van der Waals surface area contributed by atoms with Gasteiger partial charge in [0.25, 0.3) is 0 Å². The van der Waals surface area contributed by atoms with E-state index in [4.69, 9.17) is 0 Å². The zero-order valence-electron chi connectivity index (χ0n) is 14.0. The maximum absolute atomic E-state index is 2.36. The third-order valence-corrected chi connectivity index (χ3v) is 4.24. The molecule has 0 atom stereocenters. The van der Waals surface area contributed by atoms with Crippen LogP contribution in [-0.2, 0) is 10.8 Å². The number of rotatable bonds is 6. The zero-order valence-corrected chi connectivity index (χ0v) is 14.0. The SMILES string of the molecule is CCCC(C)(C)c1ccc(C(C)(C)CC(C)C)cc1. The summed E-state index contributed by atoms with van der Waals surface area (Å²) in [7, 11) is 0. The van der Waals surface area contributed by atoms with Gasteiger partial charge in [0.2, 0.25) is 0 Å². The molecule has 0 amide bonds. The third kappa shape index (κ3) is 4.37. The van der Waals surface area contributed by atoms with E-state index in [0.29, 0.717) is 5.41 Å². The van der Waals surface area contributed by atoms with Gasteiger partial charge in [0.15, 0.2) is 0 Å². The van der Waals surface area contributed by atoms with Crippen LogP contribution in [0.25, 0.3) is 0 Å². The summed E-state index contributed by atoms with van der Waals surface area (Å²) in [5.74, 6) is 0.742. The second-order valence-corrected chi connectivity index (χ2v) is 7.69. The van der Waals surface area contributed by atoms with Crippen molar-refractivity contribution in [2.75, 3.05) is 0 Å². The fourth-order valence-electron chi connectivity index (χ4n) is 3.28. The van der Waals surface area contributed by atoms with Crippen LogP contribution in [0.2, 0.25) is 0 Å². The van der Waals surface area contributed by atoms with Crippen molar-refractivity contribution in [2.24, 2.45) is 5.92 Å². The first kappa shape index (κ1) is 16.3. The van der Waals surface area contributed by atoms with Crippen LogP contribution in [0.5, 0.6) is 0 Å². The second kappa shape index (κ2) is 6.11. The molecule has 0 unspecified atom stereocenters. The van der Waals surface area contributed by atoms with Gasteiger partial charge in [0.05, 0.1) is 0 Å². The summed E-state index contributed by atoms with van der Waals surface area (Å²) in [5.41, 5.74) is 3.52. The minimum Gasteiger partial charge on any atom is -0.0654 e. The molecule has 0 heterocycles. The lowest BCUT2D eigenvalue weighted by molar-refractivity contribution is 0.399. The predicted octanol–water partition coefficient (Wildman–Crippen LogP) is 6.09.